The zero-order valence-electron chi connectivity index (χ0n) is 14.0. The smallest absolute Gasteiger partial charge is 0.191 e. The minimum atomic E-state index is 0.353. The predicted octanol–water partition coefficient (Wildman–Crippen LogP) is 2.31. The van der Waals surface area contributed by atoms with Crippen LogP contribution in [0, 0.1) is 0 Å². The Balaban J connectivity index is 1.74. The van der Waals surface area contributed by atoms with E-state index in [1.807, 2.05) is 0 Å². The summed E-state index contributed by atoms with van der Waals surface area (Å²) >= 11 is 2.08. The molecule has 1 saturated carbocycles. The van der Waals surface area contributed by atoms with Crippen LogP contribution in [0.15, 0.2) is 4.99 Å². The Bertz CT molecular complexity index is 335. The van der Waals surface area contributed by atoms with Crippen LogP contribution in [0.1, 0.15) is 46.5 Å². The number of nitrogens with zero attached hydrogens (tertiary/aromatic N) is 2. The second-order valence-corrected chi connectivity index (χ2v) is 8.07. The molecular formula is C16H32N4S. The summed E-state index contributed by atoms with van der Waals surface area (Å²) in [5.74, 6) is 2.28. The normalized spacial score (nSPS) is 26.4. The van der Waals surface area contributed by atoms with Gasteiger partial charge in [-0.1, -0.05) is 6.92 Å². The van der Waals surface area contributed by atoms with Gasteiger partial charge in [0.15, 0.2) is 5.96 Å². The van der Waals surface area contributed by atoms with Crippen molar-refractivity contribution in [2.75, 3.05) is 38.5 Å². The molecule has 0 spiro atoms. The molecule has 1 atom stereocenters. The van der Waals surface area contributed by atoms with Gasteiger partial charge < -0.3 is 10.6 Å². The van der Waals surface area contributed by atoms with E-state index in [0.717, 1.165) is 44.7 Å². The van der Waals surface area contributed by atoms with Gasteiger partial charge in [-0.15, -0.1) is 0 Å². The Hall–Kier alpha value is -0.420. The zero-order chi connectivity index (χ0) is 15.1. The molecule has 21 heavy (non-hydrogen) atoms. The highest BCUT2D eigenvalue weighted by atomic mass is 32.2. The van der Waals surface area contributed by atoms with E-state index >= 15 is 0 Å². The van der Waals surface area contributed by atoms with Crippen molar-refractivity contribution in [1.29, 1.82) is 0 Å². The summed E-state index contributed by atoms with van der Waals surface area (Å²) in [4.78, 5) is 7.38. The number of rotatable bonds is 8. The highest BCUT2D eigenvalue weighted by Crippen LogP contribution is 2.37. The fourth-order valence-corrected chi connectivity index (χ4v) is 4.13. The van der Waals surface area contributed by atoms with Gasteiger partial charge >= 0.3 is 0 Å². The molecule has 122 valence electrons. The number of hydrogen-bond donors (Lipinski definition) is 2. The van der Waals surface area contributed by atoms with Gasteiger partial charge in [-0.3, -0.25) is 9.89 Å². The third-order valence-electron chi connectivity index (χ3n) is 4.38. The van der Waals surface area contributed by atoms with Crippen LogP contribution in [0.4, 0.5) is 0 Å². The SMILES string of the molecule is CCNC(=NCC1(C)CCCS1)NCCN(CC)C1CC1. The summed E-state index contributed by atoms with van der Waals surface area (Å²) in [6.07, 6.45) is 5.41. The molecule has 0 bridgehead atoms. The lowest BCUT2D eigenvalue weighted by Crippen LogP contribution is -2.42. The minimum absolute atomic E-state index is 0.353. The molecule has 2 rings (SSSR count). The van der Waals surface area contributed by atoms with E-state index in [2.05, 4.69) is 48.1 Å². The lowest BCUT2D eigenvalue weighted by atomic mass is 10.1. The summed E-state index contributed by atoms with van der Waals surface area (Å²) in [6, 6.07) is 0.852. The molecule has 1 aliphatic heterocycles. The average Bonchev–Trinajstić information content (AvgIpc) is 3.23. The molecule has 0 aromatic heterocycles. The van der Waals surface area contributed by atoms with Crippen molar-refractivity contribution in [2.24, 2.45) is 4.99 Å². The molecule has 0 amide bonds. The number of likely N-dealkylation sites (N-methyl/N-ethyl adjacent to an activating group) is 1. The van der Waals surface area contributed by atoms with Gasteiger partial charge in [-0.2, -0.15) is 11.8 Å². The van der Waals surface area contributed by atoms with E-state index in [9.17, 15) is 0 Å². The molecule has 4 nitrogen and oxygen atoms in total. The van der Waals surface area contributed by atoms with Crippen molar-refractivity contribution in [3.05, 3.63) is 0 Å². The molecule has 2 fully saturated rings. The van der Waals surface area contributed by atoms with E-state index < -0.39 is 0 Å². The van der Waals surface area contributed by atoms with Crippen molar-refractivity contribution in [3.63, 3.8) is 0 Å². The Morgan fingerprint density at radius 1 is 1.33 bits per heavy atom. The molecule has 1 saturated heterocycles. The third-order valence-corrected chi connectivity index (χ3v) is 5.90. The summed E-state index contributed by atoms with van der Waals surface area (Å²) in [5.41, 5.74) is 0. The first kappa shape index (κ1) is 16.9. The van der Waals surface area contributed by atoms with Crippen LogP contribution in [0.25, 0.3) is 0 Å². The number of aliphatic imine (C=N–C) groups is 1. The van der Waals surface area contributed by atoms with E-state index in [-0.39, 0.29) is 0 Å². The van der Waals surface area contributed by atoms with Crippen LogP contribution >= 0.6 is 11.8 Å². The number of guanidine groups is 1. The number of nitrogens with one attached hydrogen (secondary N) is 2. The van der Waals surface area contributed by atoms with Crippen molar-refractivity contribution < 1.29 is 0 Å². The van der Waals surface area contributed by atoms with Crippen molar-refractivity contribution in [2.45, 2.75) is 57.2 Å². The first-order valence-corrected chi connectivity index (χ1v) is 9.55. The number of hydrogen-bond acceptors (Lipinski definition) is 3. The van der Waals surface area contributed by atoms with E-state index in [1.54, 1.807) is 0 Å². The van der Waals surface area contributed by atoms with Crippen LogP contribution in [0.2, 0.25) is 0 Å². The highest BCUT2D eigenvalue weighted by molar-refractivity contribution is 8.00. The van der Waals surface area contributed by atoms with E-state index in [0.29, 0.717) is 4.75 Å². The fourth-order valence-electron chi connectivity index (χ4n) is 2.91. The highest BCUT2D eigenvalue weighted by Gasteiger charge is 2.29. The van der Waals surface area contributed by atoms with E-state index in [4.69, 9.17) is 4.99 Å². The minimum Gasteiger partial charge on any atom is -0.357 e. The summed E-state index contributed by atoms with van der Waals surface area (Å²) in [6.45, 7) is 11.9. The molecular weight excluding hydrogens is 280 g/mol. The Kier molecular flexibility index (Phi) is 6.68. The van der Waals surface area contributed by atoms with Crippen LogP contribution < -0.4 is 10.6 Å². The molecule has 1 unspecified atom stereocenters. The molecule has 0 aromatic carbocycles. The molecule has 0 radical (unpaired) electrons. The third kappa shape index (κ3) is 5.70. The van der Waals surface area contributed by atoms with Gasteiger partial charge in [0.05, 0.1) is 6.54 Å². The van der Waals surface area contributed by atoms with Crippen molar-refractivity contribution >= 4 is 17.7 Å². The monoisotopic (exact) mass is 312 g/mol. The summed E-state index contributed by atoms with van der Waals surface area (Å²) in [7, 11) is 0. The van der Waals surface area contributed by atoms with Gasteiger partial charge in [-0.05, 0) is 51.8 Å². The maximum absolute atomic E-state index is 4.81. The second-order valence-electron chi connectivity index (χ2n) is 6.38. The standard InChI is InChI=1S/C16H32N4S/c1-4-17-15(19-13-16(3)9-6-12-21-16)18-10-11-20(5-2)14-7-8-14/h14H,4-13H2,1-3H3,(H2,17,18,19). The topological polar surface area (TPSA) is 39.7 Å². The van der Waals surface area contributed by atoms with Gasteiger partial charge in [0.1, 0.15) is 0 Å². The largest absolute Gasteiger partial charge is 0.357 e. The second kappa shape index (κ2) is 8.28. The van der Waals surface area contributed by atoms with Gasteiger partial charge in [0.25, 0.3) is 0 Å². The van der Waals surface area contributed by atoms with E-state index in [1.165, 1.54) is 31.4 Å². The van der Waals surface area contributed by atoms with Crippen molar-refractivity contribution in [3.8, 4) is 0 Å². The quantitative estimate of drug-likeness (QED) is 0.533. The number of thioether (sulfide) groups is 1. The molecule has 2 aliphatic rings. The van der Waals surface area contributed by atoms with Gasteiger partial charge in [-0.25, -0.2) is 0 Å². The Labute approximate surface area is 134 Å². The van der Waals surface area contributed by atoms with Crippen molar-refractivity contribution in [1.82, 2.24) is 15.5 Å². The lowest BCUT2D eigenvalue weighted by molar-refractivity contribution is 0.282. The molecule has 0 aromatic rings. The molecule has 2 N–H and O–H groups in total. The Morgan fingerprint density at radius 3 is 2.71 bits per heavy atom. The zero-order valence-corrected chi connectivity index (χ0v) is 14.8. The molecule has 5 heteroatoms. The maximum Gasteiger partial charge on any atom is 0.191 e. The average molecular weight is 313 g/mol. The summed E-state index contributed by atoms with van der Waals surface area (Å²) < 4.78 is 0.353. The predicted molar refractivity (Wildman–Crippen MR) is 94.3 cm³/mol. The van der Waals surface area contributed by atoms with Crippen LogP contribution in [-0.4, -0.2) is 60.1 Å². The molecule has 1 aliphatic carbocycles. The summed E-state index contributed by atoms with van der Waals surface area (Å²) in [5, 5.41) is 6.87. The first-order valence-electron chi connectivity index (χ1n) is 8.57. The lowest BCUT2D eigenvalue weighted by Gasteiger charge is -2.22. The van der Waals surface area contributed by atoms with Gasteiger partial charge in [0.2, 0.25) is 0 Å². The van der Waals surface area contributed by atoms with Crippen LogP contribution in [0.3, 0.4) is 0 Å². The maximum atomic E-state index is 4.81. The van der Waals surface area contributed by atoms with Gasteiger partial charge in [0, 0.05) is 30.4 Å². The first-order chi connectivity index (χ1) is 10.2. The Morgan fingerprint density at radius 2 is 2.14 bits per heavy atom. The van der Waals surface area contributed by atoms with Crippen LogP contribution in [-0.2, 0) is 0 Å². The fraction of sp³-hybridized carbons (Fsp3) is 0.938. The molecule has 1 heterocycles. The van der Waals surface area contributed by atoms with Crippen LogP contribution in [0.5, 0.6) is 0 Å².